The Balaban J connectivity index is 4.51. The zero-order valence-corrected chi connectivity index (χ0v) is 40.1. The average molecular weight is 861 g/mol. The molecule has 0 aliphatic heterocycles. The Morgan fingerprint density at radius 3 is 1.19 bits per heavy atom. The number of ether oxygens (including phenoxy) is 3. The normalized spacial score (nSPS) is 12.9. The van der Waals surface area contributed by atoms with Crippen LogP contribution in [-0.2, 0) is 28.6 Å². The summed E-state index contributed by atoms with van der Waals surface area (Å²) >= 11 is 0. The van der Waals surface area contributed by atoms with E-state index >= 15 is 0 Å². The predicted octanol–water partition coefficient (Wildman–Crippen LogP) is 16.6. The number of carbonyl (C=O) groups excluding carboxylic acids is 3. The Hall–Kier alpha value is -3.67. The second kappa shape index (κ2) is 50.0. The molecule has 62 heavy (non-hydrogen) atoms. The Morgan fingerprint density at radius 1 is 0.355 bits per heavy atom. The van der Waals surface area contributed by atoms with Crippen molar-refractivity contribution in [1.82, 2.24) is 0 Å². The summed E-state index contributed by atoms with van der Waals surface area (Å²) in [6, 6.07) is 0. The van der Waals surface area contributed by atoms with E-state index in [1.807, 2.05) is 12.2 Å². The quantitative estimate of drug-likeness (QED) is 0.0200. The van der Waals surface area contributed by atoms with Crippen molar-refractivity contribution in [2.45, 2.75) is 226 Å². The zero-order chi connectivity index (χ0) is 45.1. The van der Waals surface area contributed by atoms with E-state index < -0.39 is 6.10 Å². The summed E-state index contributed by atoms with van der Waals surface area (Å²) in [6.45, 7) is 6.38. The van der Waals surface area contributed by atoms with Gasteiger partial charge in [-0.05, 0) is 83.5 Å². The maximum Gasteiger partial charge on any atom is 0.306 e. The van der Waals surface area contributed by atoms with Gasteiger partial charge in [-0.15, -0.1) is 0 Å². The molecule has 0 aliphatic carbocycles. The fraction of sp³-hybridized carbons (Fsp3) is 0.661. The number of hydrogen-bond acceptors (Lipinski definition) is 6. The van der Waals surface area contributed by atoms with Gasteiger partial charge in [0.2, 0.25) is 0 Å². The van der Waals surface area contributed by atoms with Gasteiger partial charge in [-0.2, -0.15) is 0 Å². The van der Waals surface area contributed by atoms with Gasteiger partial charge < -0.3 is 14.2 Å². The third kappa shape index (κ3) is 47.4. The summed E-state index contributed by atoms with van der Waals surface area (Å²) in [4.78, 5) is 37.9. The van der Waals surface area contributed by atoms with Gasteiger partial charge in [0.05, 0.1) is 0 Å². The minimum atomic E-state index is -0.819. The number of carbonyl (C=O) groups is 3. The Labute approximate surface area is 381 Å². The number of esters is 3. The molecular weight excluding hydrogens is 769 g/mol. The molecule has 0 aliphatic rings. The first-order chi connectivity index (χ1) is 30.5. The Bertz CT molecular complexity index is 1260. The monoisotopic (exact) mass is 861 g/mol. The van der Waals surface area contributed by atoms with E-state index in [0.717, 1.165) is 103 Å². The van der Waals surface area contributed by atoms with Crippen LogP contribution in [0.1, 0.15) is 220 Å². The van der Waals surface area contributed by atoms with Crippen molar-refractivity contribution >= 4 is 17.9 Å². The van der Waals surface area contributed by atoms with Crippen molar-refractivity contribution in [1.29, 1.82) is 0 Å². The van der Waals surface area contributed by atoms with Gasteiger partial charge in [0.1, 0.15) is 13.2 Å². The summed E-state index contributed by atoms with van der Waals surface area (Å²) in [5, 5.41) is 0. The molecule has 0 saturated carbocycles. The Morgan fingerprint density at radius 2 is 0.726 bits per heavy atom. The molecule has 0 aromatic rings. The smallest absolute Gasteiger partial charge is 0.306 e. The summed E-state index contributed by atoms with van der Waals surface area (Å²) in [6.07, 6.45) is 65.4. The average Bonchev–Trinajstić information content (AvgIpc) is 3.27. The van der Waals surface area contributed by atoms with Gasteiger partial charge in [-0.3, -0.25) is 14.4 Å². The highest BCUT2D eigenvalue weighted by Crippen LogP contribution is 2.12. The first-order valence-electron chi connectivity index (χ1n) is 25.3. The van der Waals surface area contributed by atoms with E-state index in [4.69, 9.17) is 14.2 Å². The molecule has 0 aromatic carbocycles. The lowest BCUT2D eigenvalue weighted by atomic mass is 10.1. The highest BCUT2D eigenvalue weighted by Gasteiger charge is 2.19. The van der Waals surface area contributed by atoms with Crippen molar-refractivity contribution in [3.63, 3.8) is 0 Å². The number of rotatable bonds is 44. The van der Waals surface area contributed by atoms with Crippen molar-refractivity contribution in [2.24, 2.45) is 0 Å². The second-order valence-corrected chi connectivity index (χ2v) is 16.5. The van der Waals surface area contributed by atoms with Gasteiger partial charge in [-0.25, -0.2) is 0 Å². The van der Waals surface area contributed by atoms with Crippen LogP contribution in [0.15, 0.2) is 97.2 Å². The molecule has 0 fully saturated rings. The molecule has 1 unspecified atom stereocenters. The Kier molecular flexibility index (Phi) is 47.0. The molecule has 6 nitrogen and oxygen atoms in total. The minimum absolute atomic E-state index is 0.115. The standard InChI is InChI=1S/C56H92O6/c1-4-7-10-13-16-19-22-25-26-27-28-29-32-34-37-40-43-46-49-55(58)61-52-53(62-56(59)50-47-44-41-38-35-31-24-21-18-15-12-9-6-3)51-60-54(57)48-45-42-39-36-33-30-23-20-17-14-11-8-5-2/h9,12,15,18,21-22,24-30,33,39,42,53H,4-8,10-11,13-14,16-17,19-20,23,31-32,34-38,40-41,43-52H2,1-3H3/b12-9+,18-15+,24-21+,25-22+,27-26+,29-28+,33-30+,42-39+. The molecule has 0 heterocycles. The van der Waals surface area contributed by atoms with Crippen LogP contribution in [0.4, 0.5) is 0 Å². The van der Waals surface area contributed by atoms with E-state index in [9.17, 15) is 14.4 Å². The summed E-state index contributed by atoms with van der Waals surface area (Å²) in [7, 11) is 0. The van der Waals surface area contributed by atoms with Crippen molar-refractivity contribution in [3.8, 4) is 0 Å². The number of allylic oxidation sites excluding steroid dienone is 16. The van der Waals surface area contributed by atoms with E-state index in [0.29, 0.717) is 12.8 Å². The fourth-order valence-corrected chi connectivity index (χ4v) is 6.61. The molecule has 0 rings (SSSR count). The number of unbranched alkanes of at least 4 members (excludes halogenated alkanes) is 21. The zero-order valence-electron chi connectivity index (χ0n) is 40.1. The summed E-state index contributed by atoms with van der Waals surface area (Å²) < 4.78 is 16.7. The van der Waals surface area contributed by atoms with Crippen LogP contribution in [0.3, 0.4) is 0 Å². The van der Waals surface area contributed by atoms with Gasteiger partial charge in [0.15, 0.2) is 6.10 Å². The van der Waals surface area contributed by atoms with Crippen LogP contribution < -0.4 is 0 Å². The summed E-state index contributed by atoms with van der Waals surface area (Å²) in [5.74, 6) is -1.03. The maximum atomic E-state index is 12.8. The van der Waals surface area contributed by atoms with Gasteiger partial charge >= 0.3 is 17.9 Å². The molecule has 6 heteroatoms. The van der Waals surface area contributed by atoms with E-state index in [2.05, 4.69) is 106 Å². The third-order valence-corrected chi connectivity index (χ3v) is 10.4. The largest absolute Gasteiger partial charge is 0.462 e. The van der Waals surface area contributed by atoms with E-state index in [1.165, 1.54) is 70.6 Å². The van der Waals surface area contributed by atoms with Gasteiger partial charge in [-0.1, -0.05) is 214 Å². The molecule has 0 N–H and O–H groups in total. The molecule has 0 aromatic heterocycles. The van der Waals surface area contributed by atoms with E-state index in [-0.39, 0.29) is 44.0 Å². The SMILES string of the molecule is CC/C=C/C=C/C=C/CCCCCCCC(=O)OC(COC(=O)CC/C=C/C/C=C/CCCCCCCC)COC(=O)CCCCCCC/C=C/C=C/C=C/CCCCCCC. The predicted molar refractivity (Wildman–Crippen MR) is 265 cm³/mol. The minimum Gasteiger partial charge on any atom is -0.462 e. The van der Waals surface area contributed by atoms with Crippen LogP contribution in [0.25, 0.3) is 0 Å². The van der Waals surface area contributed by atoms with Crippen molar-refractivity contribution in [2.75, 3.05) is 13.2 Å². The van der Waals surface area contributed by atoms with E-state index in [1.54, 1.807) is 0 Å². The number of hydrogen-bond donors (Lipinski definition) is 0. The van der Waals surface area contributed by atoms with Crippen LogP contribution in [0, 0.1) is 0 Å². The van der Waals surface area contributed by atoms with Crippen LogP contribution >= 0.6 is 0 Å². The van der Waals surface area contributed by atoms with Crippen LogP contribution in [0.2, 0.25) is 0 Å². The molecule has 0 spiro atoms. The molecule has 0 saturated heterocycles. The first-order valence-corrected chi connectivity index (χ1v) is 25.3. The molecule has 0 bridgehead atoms. The van der Waals surface area contributed by atoms with Crippen LogP contribution in [-0.4, -0.2) is 37.2 Å². The maximum absolute atomic E-state index is 12.8. The molecule has 0 radical (unpaired) electrons. The topological polar surface area (TPSA) is 78.9 Å². The van der Waals surface area contributed by atoms with Gasteiger partial charge in [0.25, 0.3) is 0 Å². The van der Waals surface area contributed by atoms with Crippen molar-refractivity contribution in [3.05, 3.63) is 97.2 Å². The third-order valence-electron chi connectivity index (χ3n) is 10.4. The lowest BCUT2D eigenvalue weighted by Gasteiger charge is -2.18. The lowest BCUT2D eigenvalue weighted by molar-refractivity contribution is -0.166. The molecule has 0 amide bonds. The van der Waals surface area contributed by atoms with Crippen LogP contribution in [0.5, 0.6) is 0 Å². The summed E-state index contributed by atoms with van der Waals surface area (Å²) in [5.41, 5.74) is 0. The molecule has 1 atom stereocenters. The van der Waals surface area contributed by atoms with Crippen molar-refractivity contribution < 1.29 is 28.6 Å². The van der Waals surface area contributed by atoms with Gasteiger partial charge in [0, 0.05) is 19.3 Å². The lowest BCUT2D eigenvalue weighted by Crippen LogP contribution is -2.30. The molecule has 352 valence electrons. The first kappa shape index (κ1) is 58.3. The fourth-order valence-electron chi connectivity index (χ4n) is 6.61. The highest BCUT2D eigenvalue weighted by molar-refractivity contribution is 5.71. The second-order valence-electron chi connectivity index (χ2n) is 16.5. The molecular formula is C56H92O6. The highest BCUT2D eigenvalue weighted by atomic mass is 16.6.